The molecular formula is C23H25N3O6. The average Bonchev–Trinajstić information content (AvgIpc) is 3.08. The van der Waals surface area contributed by atoms with Gasteiger partial charge in [-0.1, -0.05) is 48.5 Å². The summed E-state index contributed by atoms with van der Waals surface area (Å²) in [6.07, 6.45) is -0.692. The van der Waals surface area contributed by atoms with Crippen molar-refractivity contribution in [3.05, 3.63) is 59.7 Å². The van der Waals surface area contributed by atoms with Gasteiger partial charge in [-0.25, -0.2) is 4.79 Å². The molecule has 0 saturated heterocycles. The van der Waals surface area contributed by atoms with Crippen molar-refractivity contribution in [1.82, 2.24) is 16.0 Å². The molecule has 0 aliphatic heterocycles. The fourth-order valence-corrected chi connectivity index (χ4v) is 3.66. The Morgan fingerprint density at radius 2 is 1.47 bits per heavy atom. The topological polar surface area (TPSA) is 134 Å². The number of carbonyl (C=O) groups excluding carboxylic acids is 3. The van der Waals surface area contributed by atoms with Gasteiger partial charge in [-0.15, -0.1) is 0 Å². The van der Waals surface area contributed by atoms with Crippen molar-refractivity contribution < 1.29 is 29.0 Å². The van der Waals surface area contributed by atoms with Crippen molar-refractivity contribution in [3.8, 4) is 11.1 Å². The normalized spacial score (nSPS) is 12.8. The molecule has 0 bridgehead atoms. The Balaban J connectivity index is 1.45. The highest BCUT2D eigenvalue weighted by Crippen LogP contribution is 2.44. The minimum atomic E-state index is -1.18. The maximum absolute atomic E-state index is 12.2. The third-order valence-electron chi connectivity index (χ3n) is 5.08. The van der Waals surface area contributed by atoms with Crippen LogP contribution in [-0.2, 0) is 19.1 Å². The number of amides is 3. The summed E-state index contributed by atoms with van der Waals surface area (Å²) in [5, 5.41) is 15.6. The molecule has 32 heavy (non-hydrogen) atoms. The molecule has 2 aromatic carbocycles. The molecule has 1 unspecified atom stereocenters. The highest BCUT2D eigenvalue weighted by atomic mass is 16.5. The SMILES string of the molecule is CC(CC(=O)NCC(=O)NCC(=O)O)NC(=O)OCC1c2ccccc2-c2ccccc21. The summed E-state index contributed by atoms with van der Waals surface area (Å²) in [4.78, 5) is 46.0. The summed E-state index contributed by atoms with van der Waals surface area (Å²) >= 11 is 0. The second kappa shape index (κ2) is 10.4. The van der Waals surface area contributed by atoms with Gasteiger partial charge in [0.25, 0.3) is 0 Å². The predicted octanol–water partition coefficient (Wildman–Crippen LogP) is 1.62. The number of ether oxygens (including phenoxy) is 1. The van der Waals surface area contributed by atoms with Gasteiger partial charge in [0, 0.05) is 18.4 Å². The van der Waals surface area contributed by atoms with E-state index in [2.05, 4.69) is 28.1 Å². The Labute approximate surface area is 185 Å². The number of aliphatic carboxylic acids is 1. The van der Waals surface area contributed by atoms with E-state index in [4.69, 9.17) is 9.84 Å². The van der Waals surface area contributed by atoms with Crippen molar-refractivity contribution >= 4 is 23.9 Å². The predicted molar refractivity (Wildman–Crippen MR) is 116 cm³/mol. The molecule has 3 rings (SSSR count). The molecule has 0 heterocycles. The van der Waals surface area contributed by atoms with Gasteiger partial charge in [-0.3, -0.25) is 14.4 Å². The van der Waals surface area contributed by atoms with Gasteiger partial charge in [0.1, 0.15) is 13.2 Å². The number of hydrogen-bond acceptors (Lipinski definition) is 5. The fraction of sp³-hybridized carbons (Fsp3) is 0.304. The lowest BCUT2D eigenvalue weighted by Crippen LogP contribution is -2.42. The molecule has 9 heteroatoms. The first-order valence-electron chi connectivity index (χ1n) is 10.2. The Bertz CT molecular complexity index is 977. The summed E-state index contributed by atoms with van der Waals surface area (Å²) in [5.41, 5.74) is 4.48. The molecule has 0 radical (unpaired) electrons. The molecule has 0 saturated carbocycles. The van der Waals surface area contributed by atoms with Crippen LogP contribution in [0.4, 0.5) is 4.79 Å². The summed E-state index contributed by atoms with van der Waals surface area (Å²) in [6.45, 7) is 0.951. The Hall–Kier alpha value is -3.88. The van der Waals surface area contributed by atoms with Crippen LogP contribution in [0, 0.1) is 0 Å². The van der Waals surface area contributed by atoms with Gasteiger partial charge in [-0.05, 0) is 29.2 Å². The number of carboxylic acids is 1. The van der Waals surface area contributed by atoms with Crippen molar-refractivity contribution in [3.63, 3.8) is 0 Å². The molecule has 168 valence electrons. The van der Waals surface area contributed by atoms with Crippen LogP contribution in [0.3, 0.4) is 0 Å². The van der Waals surface area contributed by atoms with E-state index in [1.54, 1.807) is 6.92 Å². The maximum atomic E-state index is 12.2. The van der Waals surface area contributed by atoms with E-state index >= 15 is 0 Å². The summed E-state index contributed by atoms with van der Waals surface area (Å²) in [5.74, 6) is -2.30. The van der Waals surface area contributed by atoms with Gasteiger partial charge in [0.15, 0.2) is 0 Å². The van der Waals surface area contributed by atoms with Crippen LogP contribution in [-0.4, -0.2) is 54.7 Å². The molecular weight excluding hydrogens is 414 g/mol. The number of nitrogens with one attached hydrogen (secondary N) is 3. The molecule has 0 fully saturated rings. The van der Waals surface area contributed by atoms with E-state index in [0.29, 0.717) is 0 Å². The van der Waals surface area contributed by atoms with Crippen LogP contribution in [0.15, 0.2) is 48.5 Å². The van der Waals surface area contributed by atoms with Crippen molar-refractivity contribution in [2.75, 3.05) is 19.7 Å². The highest BCUT2D eigenvalue weighted by Gasteiger charge is 2.29. The lowest BCUT2D eigenvalue weighted by atomic mass is 9.98. The summed E-state index contributed by atoms with van der Waals surface area (Å²) in [6, 6.07) is 15.5. The fourth-order valence-electron chi connectivity index (χ4n) is 3.66. The molecule has 0 aromatic heterocycles. The van der Waals surface area contributed by atoms with Crippen molar-refractivity contribution in [2.24, 2.45) is 0 Å². The minimum Gasteiger partial charge on any atom is -0.480 e. The second-order valence-corrected chi connectivity index (χ2v) is 7.52. The van der Waals surface area contributed by atoms with E-state index in [1.165, 1.54) is 0 Å². The Morgan fingerprint density at radius 1 is 0.906 bits per heavy atom. The monoisotopic (exact) mass is 439 g/mol. The van der Waals surface area contributed by atoms with Crippen LogP contribution in [0.5, 0.6) is 0 Å². The number of fused-ring (bicyclic) bond motifs is 3. The van der Waals surface area contributed by atoms with Gasteiger partial charge in [-0.2, -0.15) is 0 Å². The number of carboxylic acid groups (broad SMARTS) is 1. The molecule has 4 N–H and O–H groups in total. The third-order valence-corrected chi connectivity index (χ3v) is 5.08. The zero-order valence-corrected chi connectivity index (χ0v) is 17.6. The minimum absolute atomic E-state index is 0.0591. The quantitative estimate of drug-likeness (QED) is 0.469. The van der Waals surface area contributed by atoms with Gasteiger partial charge in [0.2, 0.25) is 11.8 Å². The first-order valence-corrected chi connectivity index (χ1v) is 10.2. The number of hydrogen-bond donors (Lipinski definition) is 4. The van der Waals surface area contributed by atoms with Crippen LogP contribution in [0.1, 0.15) is 30.4 Å². The molecule has 0 spiro atoms. The van der Waals surface area contributed by atoms with Gasteiger partial charge >= 0.3 is 12.1 Å². The largest absolute Gasteiger partial charge is 0.480 e. The standard InChI is InChI=1S/C23H25N3O6/c1-14(10-20(27)24-11-21(28)25-12-22(29)30)26-23(31)32-13-19-17-8-4-2-6-15(17)16-7-3-5-9-18(16)19/h2-9,14,19H,10-13H2,1H3,(H,24,27)(H,25,28)(H,26,31)(H,29,30). The third kappa shape index (κ3) is 5.84. The van der Waals surface area contributed by atoms with Gasteiger partial charge < -0.3 is 25.8 Å². The van der Waals surface area contributed by atoms with E-state index < -0.39 is 36.5 Å². The smallest absolute Gasteiger partial charge is 0.407 e. The molecule has 3 amide bonds. The van der Waals surface area contributed by atoms with Crippen LogP contribution in [0.2, 0.25) is 0 Å². The maximum Gasteiger partial charge on any atom is 0.407 e. The zero-order valence-electron chi connectivity index (χ0n) is 17.6. The van der Waals surface area contributed by atoms with Crippen LogP contribution >= 0.6 is 0 Å². The lowest BCUT2D eigenvalue weighted by Gasteiger charge is -2.17. The summed E-state index contributed by atoms with van der Waals surface area (Å²) < 4.78 is 5.44. The molecule has 1 atom stereocenters. The number of rotatable bonds is 9. The zero-order chi connectivity index (χ0) is 23.1. The summed E-state index contributed by atoms with van der Waals surface area (Å²) in [7, 11) is 0. The number of carbonyl (C=O) groups is 4. The molecule has 1 aliphatic rings. The van der Waals surface area contributed by atoms with E-state index in [0.717, 1.165) is 22.3 Å². The van der Waals surface area contributed by atoms with Crippen LogP contribution in [0.25, 0.3) is 11.1 Å². The molecule has 9 nitrogen and oxygen atoms in total. The van der Waals surface area contributed by atoms with Gasteiger partial charge in [0.05, 0.1) is 6.54 Å². The first kappa shape index (κ1) is 22.8. The van der Waals surface area contributed by atoms with E-state index in [-0.39, 0.29) is 25.5 Å². The van der Waals surface area contributed by atoms with Crippen molar-refractivity contribution in [1.29, 1.82) is 0 Å². The van der Waals surface area contributed by atoms with Crippen molar-refractivity contribution in [2.45, 2.75) is 25.3 Å². The molecule has 1 aliphatic carbocycles. The van der Waals surface area contributed by atoms with E-state index in [1.807, 2.05) is 36.4 Å². The second-order valence-electron chi connectivity index (χ2n) is 7.52. The highest BCUT2D eigenvalue weighted by molar-refractivity contribution is 5.87. The Kier molecular flexibility index (Phi) is 7.43. The van der Waals surface area contributed by atoms with E-state index in [9.17, 15) is 19.2 Å². The van der Waals surface area contributed by atoms with Crippen LogP contribution < -0.4 is 16.0 Å². The lowest BCUT2D eigenvalue weighted by molar-refractivity contribution is -0.137. The molecule has 2 aromatic rings. The first-order chi connectivity index (χ1) is 15.3. The number of benzene rings is 2. The number of alkyl carbamates (subject to hydrolysis) is 1. The average molecular weight is 439 g/mol. The Morgan fingerprint density at radius 3 is 2.06 bits per heavy atom.